The number of likely N-dealkylation sites (N-methyl/N-ethyl adjacent to an activating group) is 1. The van der Waals surface area contributed by atoms with E-state index in [1.54, 1.807) is 0 Å². The predicted octanol–water partition coefficient (Wildman–Crippen LogP) is 2.91. The molecule has 15 heavy (non-hydrogen) atoms. The summed E-state index contributed by atoms with van der Waals surface area (Å²) < 4.78 is 0. The third-order valence-corrected chi connectivity index (χ3v) is 2.87. The molecule has 0 aliphatic carbocycles. The van der Waals surface area contributed by atoms with E-state index in [4.69, 9.17) is 0 Å². The summed E-state index contributed by atoms with van der Waals surface area (Å²) in [5, 5.41) is 5.97. The molecule has 78 valence electrons. The summed E-state index contributed by atoms with van der Waals surface area (Å²) in [6, 6.07) is 13.1. The SMILES string of the molecule is CNCCc1cccc2c(C)cccc12. The molecule has 0 fully saturated rings. The van der Waals surface area contributed by atoms with Gasteiger partial charge in [0.05, 0.1) is 0 Å². The first kappa shape index (κ1) is 10.2. The van der Waals surface area contributed by atoms with Gasteiger partial charge in [-0.25, -0.2) is 0 Å². The van der Waals surface area contributed by atoms with Crippen LogP contribution in [0.5, 0.6) is 0 Å². The van der Waals surface area contributed by atoms with E-state index in [9.17, 15) is 0 Å². The predicted molar refractivity (Wildman–Crippen MR) is 66.3 cm³/mol. The quantitative estimate of drug-likeness (QED) is 0.801. The standard InChI is InChI=1S/C14H17N/c1-11-5-3-8-14-12(9-10-15-2)6-4-7-13(11)14/h3-8,15H,9-10H2,1-2H3. The van der Waals surface area contributed by atoms with Crippen molar-refractivity contribution >= 4 is 10.8 Å². The number of aryl methyl sites for hydroxylation is 1. The van der Waals surface area contributed by atoms with Crippen LogP contribution in [0, 0.1) is 6.92 Å². The average Bonchev–Trinajstić information content (AvgIpc) is 2.27. The van der Waals surface area contributed by atoms with Crippen LogP contribution < -0.4 is 5.32 Å². The summed E-state index contributed by atoms with van der Waals surface area (Å²) >= 11 is 0. The van der Waals surface area contributed by atoms with E-state index in [1.807, 2.05) is 7.05 Å². The van der Waals surface area contributed by atoms with Gasteiger partial charge in [0.25, 0.3) is 0 Å². The van der Waals surface area contributed by atoms with Crippen LogP contribution >= 0.6 is 0 Å². The Morgan fingerprint density at radius 2 is 1.73 bits per heavy atom. The monoisotopic (exact) mass is 199 g/mol. The van der Waals surface area contributed by atoms with Gasteiger partial charge in [-0.05, 0) is 48.8 Å². The number of nitrogens with one attached hydrogen (secondary N) is 1. The average molecular weight is 199 g/mol. The van der Waals surface area contributed by atoms with Gasteiger partial charge in [0.15, 0.2) is 0 Å². The zero-order chi connectivity index (χ0) is 10.7. The minimum absolute atomic E-state index is 1.03. The van der Waals surface area contributed by atoms with Crippen LogP contribution in [0.4, 0.5) is 0 Å². The molecule has 2 rings (SSSR count). The van der Waals surface area contributed by atoms with Crippen molar-refractivity contribution in [2.75, 3.05) is 13.6 Å². The van der Waals surface area contributed by atoms with Crippen LogP contribution in [0.15, 0.2) is 36.4 Å². The topological polar surface area (TPSA) is 12.0 Å². The van der Waals surface area contributed by atoms with Crippen molar-refractivity contribution in [3.8, 4) is 0 Å². The molecule has 0 atom stereocenters. The summed E-state index contributed by atoms with van der Waals surface area (Å²) in [4.78, 5) is 0. The number of hydrogen-bond donors (Lipinski definition) is 1. The number of rotatable bonds is 3. The molecule has 0 saturated heterocycles. The van der Waals surface area contributed by atoms with Gasteiger partial charge >= 0.3 is 0 Å². The van der Waals surface area contributed by atoms with Crippen molar-refractivity contribution in [1.82, 2.24) is 5.32 Å². The van der Waals surface area contributed by atoms with Gasteiger partial charge in [-0.3, -0.25) is 0 Å². The van der Waals surface area contributed by atoms with Gasteiger partial charge in [-0.2, -0.15) is 0 Å². The molecule has 0 saturated carbocycles. The van der Waals surface area contributed by atoms with E-state index < -0.39 is 0 Å². The van der Waals surface area contributed by atoms with E-state index >= 15 is 0 Å². The first-order valence-corrected chi connectivity index (χ1v) is 5.45. The maximum atomic E-state index is 3.20. The highest BCUT2D eigenvalue weighted by Crippen LogP contribution is 2.22. The summed E-state index contributed by atoms with van der Waals surface area (Å²) in [6.07, 6.45) is 1.09. The van der Waals surface area contributed by atoms with E-state index in [0.717, 1.165) is 13.0 Å². The maximum Gasteiger partial charge on any atom is -0.00111 e. The summed E-state index contributed by atoms with van der Waals surface area (Å²) in [7, 11) is 2.00. The van der Waals surface area contributed by atoms with Crippen molar-refractivity contribution in [1.29, 1.82) is 0 Å². The summed E-state index contributed by atoms with van der Waals surface area (Å²) in [5.41, 5.74) is 2.80. The third-order valence-electron chi connectivity index (χ3n) is 2.87. The molecule has 0 radical (unpaired) electrons. The van der Waals surface area contributed by atoms with Crippen LogP contribution in [0.25, 0.3) is 10.8 Å². The van der Waals surface area contributed by atoms with E-state index in [-0.39, 0.29) is 0 Å². The van der Waals surface area contributed by atoms with Gasteiger partial charge in [-0.15, -0.1) is 0 Å². The Morgan fingerprint density at radius 1 is 1.00 bits per heavy atom. The van der Waals surface area contributed by atoms with Crippen LogP contribution in [0.1, 0.15) is 11.1 Å². The Hall–Kier alpha value is -1.34. The van der Waals surface area contributed by atoms with E-state index in [2.05, 4.69) is 48.6 Å². The second-order valence-electron chi connectivity index (χ2n) is 3.94. The van der Waals surface area contributed by atoms with Gasteiger partial charge in [0.2, 0.25) is 0 Å². The van der Waals surface area contributed by atoms with Crippen LogP contribution in [0.2, 0.25) is 0 Å². The molecule has 0 amide bonds. The highest BCUT2D eigenvalue weighted by molar-refractivity contribution is 5.88. The fourth-order valence-electron chi connectivity index (χ4n) is 2.01. The first-order chi connectivity index (χ1) is 7.33. The molecule has 2 aromatic rings. The summed E-state index contributed by atoms with van der Waals surface area (Å²) in [6.45, 7) is 3.21. The molecule has 1 N–H and O–H groups in total. The van der Waals surface area contributed by atoms with Crippen molar-refractivity contribution in [2.24, 2.45) is 0 Å². The molecular formula is C14H17N. The molecule has 0 aliphatic heterocycles. The minimum Gasteiger partial charge on any atom is -0.319 e. The lowest BCUT2D eigenvalue weighted by atomic mass is 9.99. The number of benzene rings is 2. The van der Waals surface area contributed by atoms with Gasteiger partial charge < -0.3 is 5.32 Å². The van der Waals surface area contributed by atoms with Crippen LogP contribution in [-0.2, 0) is 6.42 Å². The van der Waals surface area contributed by atoms with Gasteiger partial charge in [0.1, 0.15) is 0 Å². The molecule has 1 heteroatoms. The molecule has 0 aromatic heterocycles. The fraction of sp³-hybridized carbons (Fsp3) is 0.286. The molecule has 0 aliphatic rings. The van der Waals surface area contributed by atoms with Crippen molar-refractivity contribution < 1.29 is 0 Å². The maximum absolute atomic E-state index is 3.20. The van der Waals surface area contributed by atoms with Crippen molar-refractivity contribution in [3.05, 3.63) is 47.5 Å². The van der Waals surface area contributed by atoms with Crippen molar-refractivity contribution in [2.45, 2.75) is 13.3 Å². The second kappa shape index (κ2) is 4.45. The van der Waals surface area contributed by atoms with Gasteiger partial charge in [-0.1, -0.05) is 36.4 Å². The molecule has 1 nitrogen and oxygen atoms in total. The number of hydrogen-bond acceptors (Lipinski definition) is 1. The van der Waals surface area contributed by atoms with Crippen LogP contribution in [-0.4, -0.2) is 13.6 Å². The van der Waals surface area contributed by atoms with Crippen LogP contribution in [0.3, 0.4) is 0 Å². The Morgan fingerprint density at radius 3 is 2.53 bits per heavy atom. The Bertz CT molecular complexity index is 460. The normalized spacial score (nSPS) is 10.8. The molecular weight excluding hydrogens is 182 g/mol. The highest BCUT2D eigenvalue weighted by Gasteiger charge is 2.01. The lowest BCUT2D eigenvalue weighted by Crippen LogP contribution is -2.10. The van der Waals surface area contributed by atoms with E-state index in [1.165, 1.54) is 21.9 Å². The Balaban J connectivity index is 2.51. The molecule has 0 spiro atoms. The van der Waals surface area contributed by atoms with Crippen molar-refractivity contribution in [3.63, 3.8) is 0 Å². The second-order valence-corrected chi connectivity index (χ2v) is 3.94. The highest BCUT2D eigenvalue weighted by atomic mass is 14.8. The van der Waals surface area contributed by atoms with Gasteiger partial charge in [0, 0.05) is 0 Å². The summed E-state index contributed by atoms with van der Waals surface area (Å²) in [5.74, 6) is 0. The smallest absolute Gasteiger partial charge is 0.00111 e. The number of fused-ring (bicyclic) bond motifs is 1. The Kier molecular flexibility index (Phi) is 3.02. The fourth-order valence-corrected chi connectivity index (χ4v) is 2.01. The zero-order valence-corrected chi connectivity index (χ0v) is 9.38. The Labute approximate surface area is 91.1 Å². The molecule has 0 heterocycles. The lowest BCUT2D eigenvalue weighted by molar-refractivity contribution is 0.795. The first-order valence-electron chi connectivity index (χ1n) is 5.45. The molecule has 0 unspecified atom stereocenters. The molecule has 2 aromatic carbocycles. The lowest BCUT2D eigenvalue weighted by Gasteiger charge is -2.07. The minimum atomic E-state index is 1.03. The third kappa shape index (κ3) is 2.02. The largest absolute Gasteiger partial charge is 0.319 e. The van der Waals surface area contributed by atoms with E-state index in [0.29, 0.717) is 0 Å². The zero-order valence-electron chi connectivity index (χ0n) is 9.38. The molecule has 0 bridgehead atoms.